The van der Waals surface area contributed by atoms with Gasteiger partial charge in [0.15, 0.2) is 0 Å². The van der Waals surface area contributed by atoms with Gasteiger partial charge in [-0.3, -0.25) is 0 Å². The van der Waals surface area contributed by atoms with E-state index in [1.807, 2.05) is 0 Å². The van der Waals surface area contributed by atoms with Gasteiger partial charge in [-0.2, -0.15) is 13.2 Å². The van der Waals surface area contributed by atoms with Crippen molar-refractivity contribution >= 4 is 21.7 Å². The number of hydrogen-bond acceptors (Lipinski definition) is 4. The molecule has 0 amide bonds. The Bertz CT molecular complexity index is 478. The van der Waals surface area contributed by atoms with E-state index in [4.69, 9.17) is 5.11 Å². The fourth-order valence-corrected chi connectivity index (χ4v) is 2.81. The van der Waals surface area contributed by atoms with Gasteiger partial charge in [0.05, 0.1) is 12.2 Å². The standard InChI is InChI=1S/C13H17BrF3N3O/c14-9-6-11(13(15,16)17)12(19-7-9)20(4-5-21)8-10-2-1-3-18-10/h6-7,10,18,21H,1-5,8H2. The molecule has 1 atom stereocenters. The lowest BCUT2D eigenvalue weighted by molar-refractivity contribution is -0.137. The number of anilines is 1. The van der Waals surface area contributed by atoms with E-state index in [0.717, 1.165) is 25.5 Å². The highest BCUT2D eigenvalue weighted by Crippen LogP contribution is 2.37. The van der Waals surface area contributed by atoms with Crippen LogP contribution in [0, 0.1) is 0 Å². The molecule has 1 aromatic heterocycles. The minimum atomic E-state index is -4.48. The first kappa shape index (κ1) is 16.5. The zero-order valence-corrected chi connectivity index (χ0v) is 12.9. The maximum atomic E-state index is 13.2. The number of aromatic nitrogens is 1. The summed E-state index contributed by atoms with van der Waals surface area (Å²) in [5.41, 5.74) is -0.789. The highest BCUT2D eigenvalue weighted by Gasteiger charge is 2.36. The molecule has 118 valence electrons. The minimum Gasteiger partial charge on any atom is -0.395 e. The Labute approximate surface area is 129 Å². The van der Waals surface area contributed by atoms with Crippen molar-refractivity contribution in [3.8, 4) is 0 Å². The van der Waals surface area contributed by atoms with Gasteiger partial charge < -0.3 is 15.3 Å². The molecule has 0 aromatic carbocycles. The smallest absolute Gasteiger partial charge is 0.395 e. The maximum absolute atomic E-state index is 13.2. The second kappa shape index (κ2) is 6.93. The van der Waals surface area contributed by atoms with Crippen LogP contribution in [0.15, 0.2) is 16.7 Å². The predicted molar refractivity (Wildman–Crippen MR) is 77.3 cm³/mol. The number of hydrogen-bond donors (Lipinski definition) is 2. The van der Waals surface area contributed by atoms with Crippen molar-refractivity contribution in [2.45, 2.75) is 25.1 Å². The molecule has 2 heterocycles. The van der Waals surface area contributed by atoms with E-state index >= 15 is 0 Å². The third-order valence-electron chi connectivity index (χ3n) is 3.41. The lowest BCUT2D eigenvalue weighted by atomic mass is 10.2. The molecule has 2 N–H and O–H groups in total. The van der Waals surface area contributed by atoms with Crippen molar-refractivity contribution in [1.82, 2.24) is 10.3 Å². The summed E-state index contributed by atoms with van der Waals surface area (Å²) in [6.07, 6.45) is -1.21. The SMILES string of the molecule is OCCN(CC1CCCN1)c1ncc(Br)cc1C(F)(F)F. The topological polar surface area (TPSA) is 48.4 Å². The van der Waals surface area contributed by atoms with E-state index in [-0.39, 0.29) is 29.5 Å². The van der Waals surface area contributed by atoms with Gasteiger partial charge in [-0.15, -0.1) is 0 Å². The first-order valence-electron chi connectivity index (χ1n) is 6.73. The molecule has 21 heavy (non-hydrogen) atoms. The molecule has 1 unspecified atom stereocenters. The highest BCUT2D eigenvalue weighted by atomic mass is 79.9. The molecule has 1 aromatic rings. The quantitative estimate of drug-likeness (QED) is 0.838. The number of alkyl halides is 3. The van der Waals surface area contributed by atoms with Crippen LogP contribution in [0.5, 0.6) is 0 Å². The first-order chi connectivity index (χ1) is 9.91. The van der Waals surface area contributed by atoms with E-state index in [0.29, 0.717) is 6.54 Å². The van der Waals surface area contributed by atoms with Gasteiger partial charge in [-0.25, -0.2) is 4.98 Å². The lowest BCUT2D eigenvalue weighted by Gasteiger charge is -2.28. The van der Waals surface area contributed by atoms with Crippen LogP contribution in [0.1, 0.15) is 18.4 Å². The summed E-state index contributed by atoms with van der Waals surface area (Å²) in [4.78, 5) is 5.42. The number of aliphatic hydroxyl groups is 1. The molecule has 0 spiro atoms. The molecule has 2 rings (SSSR count). The van der Waals surface area contributed by atoms with Crippen molar-refractivity contribution < 1.29 is 18.3 Å². The Hall–Kier alpha value is -0.860. The van der Waals surface area contributed by atoms with Gasteiger partial charge in [-0.05, 0) is 41.4 Å². The second-order valence-corrected chi connectivity index (χ2v) is 5.90. The Morgan fingerprint density at radius 1 is 1.48 bits per heavy atom. The van der Waals surface area contributed by atoms with Gasteiger partial charge in [0.25, 0.3) is 0 Å². The molecule has 1 aliphatic rings. The normalized spacial score (nSPS) is 19.0. The summed E-state index contributed by atoms with van der Waals surface area (Å²) >= 11 is 3.02. The number of aliphatic hydroxyl groups excluding tert-OH is 1. The van der Waals surface area contributed by atoms with Crippen LogP contribution in [0.4, 0.5) is 19.0 Å². The fourth-order valence-electron chi connectivity index (χ4n) is 2.48. The minimum absolute atomic E-state index is 0.121. The lowest BCUT2D eigenvalue weighted by Crippen LogP contribution is -2.40. The molecule has 0 aliphatic carbocycles. The van der Waals surface area contributed by atoms with E-state index in [9.17, 15) is 13.2 Å². The number of pyridine rings is 1. The predicted octanol–water partition coefficient (Wildman–Crippen LogP) is 2.41. The Kier molecular flexibility index (Phi) is 5.45. The molecule has 1 saturated heterocycles. The molecule has 1 aliphatic heterocycles. The van der Waals surface area contributed by atoms with Crippen LogP contribution < -0.4 is 10.2 Å². The number of halogens is 4. The van der Waals surface area contributed by atoms with Crippen molar-refractivity contribution in [2.75, 3.05) is 31.1 Å². The molecule has 0 radical (unpaired) electrons. The molecule has 0 saturated carbocycles. The zero-order chi connectivity index (χ0) is 15.5. The van der Waals surface area contributed by atoms with Crippen LogP contribution in [0.25, 0.3) is 0 Å². The number of nitrogens with one attached hydrogen (secondary N) is 1. The third kappa shape index (κ3) is 4.31. The van der Waals surface area contributed by atoms with E-state index in [2.05, 4.69) is 26.2 Å². The van der Waals surface area contributed by atoms with Crippen LogP contribution in [0.3, 0.4) is 0 Å². The summed E-state index contributed by atoms with van der Waals surface area (Å²) in [6, 6.07) is 1.15. The molecular weight excluding hydrogens is 351 g/mol. The average molecular weight is 368 g/mol. The molecule has 1 fully saturated rings. The van der Waals surface area contributed by atoms with Crippen LogP contribution in [-0.4, -0.2) is 42.4 Å². The maximum Gasteiger partial charge on any atom is 0.419 e. The molecule has 4 nitrogen and oxygen atoms in total. The van der Waals surface area contributed by atoms with E-state index in [1.165, 1.54) is 11.1 Å². The Balaban J connectivity index is 2.30. The van der Waals surface area contributed by atoms with Crippen molar-refractivity contribution in [3.63, 3.8) is 0 Å². The van der Waals surface area contributed by atoms with Crippen molar-refractivity contribution in [1.29, 1.82) is 0 Å². The summed E-state index contributed by atoms with van der Waals surface area (Å²) in [6.45, 7) is 1.17. The van der Waals surface area contributed by atoms with Gasteiger partial charge in [0, 0.05) is 29.8 Å². The molecule has 8 heteroatoms. The monoisotopic (exact) mass is 367 g/mol. The Morgan fingerprint density at radius 2 is 2.24 bits per heavy atom. The number of nitrogens with zero attached hydrogens (tertiary/aromatic N) is 2. The van der Waals surface area contributed by atoms with Gasteiger partial charge >= 0.3 is 6.18 Å². The Morgan fingerprint density at radius 3 is 2.81 bits per heavy atom. The van der Waals surface area contributed by atoms with Crippen molar-refractivity contribution in [3.05, 3.63) is 22.3 Å². The van der Waals surface area contributed by atoms with Gasteiger partial charge in [0.1, 0.15) is 5.82 Å². The number of rotatable bonds is 5. The molecule has 0 bridgehead atoms. The fraction of sp³-hybridized carbons (Fsp3) is 0.615. The zero-order valence-electron chi connectivity index (χ0n) is 11.3. The average Bonchev–Trinajstić information content (AvgIpc) is 2.90. The van der Waals surface area contributed by atoms with Crippen LogP contribution in [0.2, 0.25) is 0 Å². The van der Waals surface area contributed by atoms with Gasteiger partial charge in [-0.1, -0.05) is 0 Å². The van der Waals surface area contributed by atoms with E-state index in [1.54, 1.807) is 0 Å². The molecular formula is C13H17BrF3N3O. The van der Waals surface area contributed by atoms with E-state index < -0.39 is 11.7 Å². The summed E-state index contributed by atoms with van der Waals surface area (Å²) in [5.74, 6) is -0.131. The summed E-state index contributed by atoms with van der Waals surface area (Å²) in [5, 5.41) is 12.4. The van der Waals surface area contributed by atoms with Crippen molar-refractivity contribution in [2.24, 2.45) is 0 Å². The van der Waals surface area contributed by atoms with Crippen LogP contribution >= 0.6 is 15.9 Å². The second-order valence-electron chi connectivity index (χ2n) is 4.99. The largest absolute Gasteiger partial charge is 0.419 e. The van der Waals surface area contributed by atoms with Gasteiger partial charge in [0.2, 0.25) is 0 Å². The highest BCUT2D eigenvalue weighted by molar-refractivity contribution is 9.10. The first-order valence-corrected chi connectivity index (χ1v) is 7.53. The third-order valence-corrected chi connectivity index (χ3v) is 3.84. The van der Waals surface area contributed by atoms with Crippen LogP contribution in [-0.2, 0) is 6.18 Å². The summed E-state index contributed by atoms with van der Waals surface area (Å²) < 4.78 is 39.8. The summed E-state index contributed by atoms with van der Waals surface area (Å²) in [7, 11) is 0.